The molecule has 98 valence electrons. The molecule has 2 rings (SSSR count). The SMILES string of the molecule is CCOc1ccc(CCNC(=O)C2CNC2)cc1. The van der Waals surface area contributed by atoms with E-state index in [0.717, 1.165) is 25.3 Å². The summed E-state index contributed by atoms with van der Waals surface area (Å²) in [6, 6.07) is 8.02. The van der Waals surface area contributed by atoms with Crippen LogP contribution in [-0.4, -0.2) is 32.1 Å². The summed E-state index contributed by atoms with van der Waals surface area (Å²) in [6.07, 6.45) is 0.859. The van der Waals surface area contributed by atoms with Gasteiger partial charge in [0.25, 0.3) is 0 Å². The van der Waals surface area contributed by atoms with E-state index in [4.69, 9.17) is 4.74 Å². The zero-order valence-electron chi connectivity index (χ0n) is 10.7. The Bertz CT molecular complexity index is 385. The molecule has 1 aliphatic rings. The second-order valence-corrected chi connectivity index (χ2v) is 4.47. The molecule has 1 aromatic rings. The van der Waals surface area contributed by atoms with Crippen molar-refractivity contribution in [1.82, 2.24) is 10.6 Å². The quantitative estimate of drug-likeness (QED) is 0.788. The molecule has 0 bridgehead atoms. The van der Waals surface area contributed by atoms with Crippen LogP contribution in [0.15, 0.2) is 24.3 Å². The van der Waals surface area contributed by atoms with Gasteiger partial charge in [-0.3, -0.25) is 4.79 Å². The molecule has 0 unspecified atom stereocenters. The van der Waals surface area contributed by atoms with Gasteiger partial charge in [-0.25, -0.2) is 0 Å². The minimum Gasteiger partial charge on any atom is -0.494 e. The van der Waals surface area contributed by atoms with Gasteiger partial charge in [-0.15, -0.1) is 0 Å². The Morgan fingerprint density at radius 2 is 2.11 bits per heavy atom. The van der Waals surface area contributed by atoms with Crippen molar-refractivity contribution in [1.29, 1.82) is 0 Å². The highest BCUT2D eigenvalue weighted by molar-refractivity contribution is 5.79. The smallest absolute Gasteiger partial charge is 0.225 e. The minimum atomic E-state index is 0.166. The summed E-state index contributed by atoms with van der Waals surface area (Å²) in [4.78, 5) is 11.6. The van der Waals surface area contributed by atoms with Gasteiger partial charge in [-0.1, -0.05) is 12.1 Å². The molecule has 1 aliphatic heterocycles. The maximum absolute atomic E-state index is 11.6. The minimum absolute atomic E-state index is 0.166. The molecule has 1 amide bonds. The fraction of sp³-hybridized carbons (Fsp3) is 0.500. The van der Waals surface area contributed by atoms with Crippen molar-refractivity contribution < 1.29 is 9.53 Å². The molecule has 0 radical (unpaired) electrons. The molecular weight excluding hydrogens is 228 g/mol. The predicted octanol–water partition coefficient (Wildman–Crippen LogP) is 0.963. The summed E-state index contributed by atoms with van der Waals surface area (Å²) in [7, 11) is 0. The molecular formula is C14H20N2O2. The van der Waals surface area contributed by atoms with Crippen LogP contribution in [-0.2, 0) is 11.2 Å². The molecule has 1 saturated heterocycles. The van der Waals surface area contributed by atoms with E-state index in [2.05, 4.69) is 10.6 Å². The van der Waals surface area contributed by atoms with Crippen LogP contribution in [0.3, 0.4) is 0 Å². The van der Waals surface area contributed by atoms with Crippen molar-refractivity contribution in [2.45, 2.75) is 13.3 Å². The first kappa shape index (κ1) is 12.9. The van der Waals surface area contributed by atoms with Crippen molar-refractivity contribution in [3.8, 4) is 5.75 Å². The maximum atomic E-state index is 11.6. The molecule has 4 nitrogen and oxygen atoms in total. The second-order valence-electron chi connectivity index (χ2n) is 4.47. The van der Waals surface area contributed by atoms with Crippen molar-refractivity contribution in [2.24, 2.45) is 5.92 Å². The third-order valence-electron chi connectivity index (χ3n) is 3.10. The van der Waals surface area contributed by atoms with Gasteiger partial charge in [-0.05, 0) is 31.0 Å². The van der Waals surface area contributed by atoms with Gasteiger partial charge in [-0.2, -0.15) is 0 Å². The van der Waals surface area contributed by atoms with Crippen molar-refractivity contribution in [3.05, 3.63) is 29.8 Å². The lowest BCUT2D eigenvalue weighted by molar-refractivity contribution is -0.126. The molecule has 2 N–H and O–H groups in total. The van der Waals surface area contributed by atoms with E-state index < -0.39 is 0 Å². The molecule has 0 atom stereocenters. The summed E-state index contributed by atoms with van der Waals surface area (Å²) in [5.74, 6) is 1.23. The summed E-state index contributed by atoms with van der Waals surface area (Å²) in [5.41, 5.74) is 1.21. The summed E-state index contributed by atoms with van der Waals surface area (Å²) < 4.78 is 5.38. The van der Waals surface area contributed by atoms with E-state index in [1.807, 2.05) is 31.2 Å². The lowest BCUT2D eigenvalue weighted by Gasteiger charge is -2.25. The van der Waals surface area contributed by atoms with Crippen LogP contribution < -0.4 is 15.4 Å². The normalized spacial score (nSPS) is 14.9. The van der Waals surface area contributed by atoms with Gasteiger partial charge in [0.1, 0.15) is 5.75 Å². The molecule has 0 spiro atoms. The van der Waals surface area contributed by atoms with E-state index in [0.29, 0.717) is 13.2 Å². The molecule has 18 heavy (non-hydrogen) atoms. The van der Waals surface area contributed by atoms with Crippen LogP contribution in [0.25, 0.3) is 0 Å². The molecule has 1 fully saturated rings. The Hall–Kier alpha value is -1.55. The van der Waals surface area contributed by atoms with E-state index in [9.17, 15) is 4.79 Å². The third-order valence-corrected chi connectivity index (χ3v) is 3.10. The van der Waals surface area contributed by atoms with Crippen LogP contribution in [0.4, 0.5) is 0 Å². The average Bonchev–Trinajstić information content (AvgIpc) is 2.29. The van der Waals surface area contributed by atoms with Gasteiger partial charge < -0.3 is 15.4 Å². The Kier molecular flexibility index (Phi) is 4.59. The van der Waals surface area contributed by atoms with Crippen LogP contribution in [0.2, 0.25) is 0 Å². The van der Waals surface area contributed by atoms with Gasteiger partial charge in [0, 0.05) is 19.6 Å². The van der Waals surface area contributed by atoms with Gasteiger partial charge in [0.2, 0.25) is 5.91 Å². The van der Waals surface area contributed by atoms with Crippen molar-refractivity contribution in [2.75, 3.05) is 26.2 Å². The Balaban J connectivity index is 1.70. The second kappa shape index (κ2) is 6.40. The number of carbonyl (C=O) groups excluding carboxylic acids is 1. The third kappa shape index (κ3) is 3.47. The monoisotopic (exact) mass is 248 g/mol. The lowest BCUT2D eigenvalue weighted by atomic mass is 10.0. The standard InChI is InChI=1S/C14H20N2O2/c1-2-18-13-5-3-11(4-6-13)7-8-16-14(17)12-9-15-10-12/h3-6,12,15H,2,7-10H2,1H3,(H,16,17). The Morgan fingerprint density at radius 1 is 1.39 bits per heavy atom. The lowest BCUT2D eigenvalue weighted by Crippen LogP contribution is -2.51. The molecule has 4 heteroatoms. The first-order valence-corrected chi connectivity index (χ1v) is 6.49. The van der Waals surface area contributed by atoms with E-state index in [1.165, 1.54) is 5.56 Å². The summed E-state index contributed by atoms with van der Waals surface area (Å²) in [6.45, 7) is 4.98. The molecule has 0 aliphatic carbocycles. The number of ether oxygens (including phenoxy) is 1. The summed E-state index contributed by atoms with van der Waals surface area (Å²) >= 11 is 0. The fourth-order valence-corrected chi connectivity index (χ4v) is 1.87. The van der Waals surface area contributed by atoms with Crippen LogP contribution in [0, 0.1) is 5.92 Å². The Labute approximate surface area is 108 Å². The van der Waals surface area contributed by atoms with Gasteiger partial charge in [0.05, 0.1) is 12.5 Å². The number of hydrogen-bond donors (Lipinski definition) is 2. The molecule has 0 saturated carbocycles. The molecule has 0 aromatic heterocycles. The van der Waals surface area contributed by atoms with Crippen molar-refractivity contribution in [3.63, 3.8) is 0 Å². The van der Waals surface area contributed by atoms with Gasteiger partial charge >= 0.3 is 0 Å². The largest absolute Gasteiger partial charge is 0.494 e. The molecule has 1 aromatic carbocycles. The van der Waals surface area contributed by atoms with E-state index in [1.54, 1.807) is 0 Å². The van der Waals surface area contributed by atoms with E-state index in [-0.39, 0.29) is 11.8 Å². The zero-order chi connectivity index (χ0) is 12.8. The van der Waals surface area contributed by atoms with Crippen LogP contribution >= 0.6 is 0 Å². The first-order valence-electron chi connectivity index (χ1n) is 6.49. The van der Waals surface area contributed by atoms with Crippen LogP contribution in [0.1, 0.15) is 12.5 Å². The molecule has 1 heterocycles. The van der Waals surface area contributed by atoms with E-state index >= 15 is 0 Å². The number of carbonyl (C=O) groups is 1. The van der Waals surface area contributed by atoms with Crippen molar-refractivity contribution >= 4 is 5.91 Å². The first-order chi connectivity index (χ1) is 8.79. The maximum Gasteiger partial charge on any atom is 0.225 e. The number of benzene rings is 1. The zero-order valence-corrected chi connectivity index (χ0v) is 10.7. The highest BCUT2D eigenvalue weighted by atomic mass is 16.5. The fourth-order valence-electron chi connectivity index (χ4n) is 1.87. The topological polar surface area (TPSA) is 50.4 Å². The number of amides is 1. The predicted molar refractivity (Wildman–Crippen MR) is 70.7 cm³/mol. The van der Waals surface area contributed by atoms with Gasteiger partial charge in [0.15, 0.2) is 0 Å². The Morgan fingerprint density at radius 3 is 2.67 bits per heavy atom. The number of rotatable bonds is 6. The van der Waals surface area contributed by atoms with Crippen LogP contribution in [0.5, 0.6) is 5.75 Å². The summed E-state index contributed by atoms with van der Waals surface area (Å²) in [5, 5.41) is 6.06. The highest BCUT2D eigenvalue weighted by Crippen LogP contribution is 2.12. The highest BCUT2D eigenvalue weighted by Gasteiger charge is 2.23. The average molecular weight is 248 g/mol. The number of hydrogen-bond acceptors (Lipinski definition) is 3. The number of nitrogens with one attached hydrogen (secondary N) is 2.